The Hall–Kier alpha value is -2.04. The molecule has 20 heavy (non-hydrogen) atoms. The summed E-state index contributed by atoms with van der Waals surface area (Å²) in [6, 6.07) is 3.99. The van der Waals surface area contributed by atoms with Crippen LogP contribution in [0.3, 0.4) is 0 Å². The zero-order valence-electron chi connectivity index (χ0n) is 12.2. The van der Waals surface area contributed by atoms with Gasteiger partial charge in [0.2, 0.25) is 0 Å². The molecule has 2 heterocycles. The molecule has 0 bridgehead atoms. The molecule has 1 atom stereocenters. The highest BCUT2D eigenvalue weighted by Gasteiger charge is 2.19. The van der Waals surface area contributed by atoms with Crippen molar-refractivity contribution in [2.45, 2.75) is 39.3 Å². The van der Waals surface area contributed by atoms with Gasteiger partial charge in [0, 0.05) is 32.3 Å². The third-order valence-electron chi connectivity index (χ3n) is 3.57. The molecular weight excluding hydrogens is 254 g/mol. The Morgan fingerprint density at radius 2 is 2.35 bits per heavy atom. The largest absolute Gasteiger partial charge is 0.469 e. The van der Waals surface area contributed by atoms with E-state index in [1.165, 1.54) is 0 Å². The fraction of sp³-hybridized carbons (Fsp3) is 0.467. The van der Waals surface area contributed by atoms with Gasteiger partial charge in [-0.3, -0.25) is 9.48 Å². The topological polar surface area (TPSA) is 51.3 Å². The first-order chi connectivity index (χ1) is 9.61. The van der Waals surface area contributed by atoms with E-state index in [0.29, 0.717) is 5.56 Å². The molecule has 0 saturated carbocycles. The van der Waals surface area contributed by atoms with E-state index in [1.807, 2.05) is 33.0 Å². The molecule has 1 amide bonds. The van der Waals surface area contributed by atoms with E-state index in [0.717, 1.165) is 25.1 Å². The van der Waals surface area contributed by atoms with Crippen LogP contribution in [0.4, 0.5) is 0 Å². The number of aryl methyl sites for hydroxylation is 2. The van der Waals surface area contributed by atoms with Crippen LogP contribution >= 0.6 is 0 Å². The van der Waals surface area contributed by atoms with Crippen LogP contribution < -0.4 is 0 Å². The fourth-order valence-corrected chi connectivity index (χ4v) is 2.05. The summed E-state index contributed by atoms with van der Waals surface area (Å²) < 4.78 is 7.07. The molecule has 1 unspecified atom stereocenters. The van der Waals surface area contributed by atoms with Gasteiger partial charge in [-0.1, -0.05) is 0 Å². The van der Waals surface area contributed by atoms with Gasteiger partial charge < -0.3 is 9.32 Å². The van der Waals surface area contributed by atoms with Crippen LogP contribution in [0.5, 0.6) is 0 Å². The molecule has 2 aromatic heterocycles. The molecule has 0 radical (unpaired) electrons. The van der Waals surface area contributed by atoms with Gasteiger partial charge in [-0.15, -0.1) is 0 Å². The predicted octanol–water partition coefficient (Wildman–Crippen LogP) is 2.59. The molecule has 0 spiro atoms. The minimum absolute atomic E-state index is 0.0108. The van der Waals surface area contributed by atoms with Crippen LogP contribution in [-0.2, 0) is 13.0 Å². The van der Waals surface area contributed by atoms with Gasteiger partial charge >= 0.3 is 0 Å². The highest BCUT2D eigenvalue weighted by Crippen LogP contribution is 2.12. The highest BCUT2D eigenvalue weighted by molar-refractivity contribution is 5.93. The molecule has 0 aliphatic heterocycles. The molecule has 5 nitrogen and oxygen atoms in total. The summed E-state index contributed by atoms with van der Waals surface area (Å²) in [5, 5.41) is 4.14. The number of rotatable bonds is 6. The van der Waals surface area contributed by atoms with Crippen molar-refractivity contribution in [2.75, 3.05) is 7.05 Å². The van der Waals surface area contributed by atoms with Gasteiger partial charge in [0.15, 0.2) is 0 Å². The predicted molar refractivity (Wildman–Crippen MR) is 76.5 cm³/mol. The van der Waals surface area contributed by atoms with Crippen molar-refractivity contribution in [3.8, 4) is 0 Å². The number of furan rings is 1. The molecule has 0 fully saturated rings. The standard InChI is InChI=1S/C15H21N3O2/c1-4-18-11-13(10-16-18)15(19)17(3)12(2)7-8-14-6-5-9-20-14/h5-6,9-12H,4,7-8H2,1-3H3. The summed E-state index contributed by atoms with van der Waals surface area (Å²) in [6.07, 6.45) is 6.80. The van der Waals surface area contributed by atoms with E-state index in [4.69, 9.17) is 4.42 Å². The minimum Gasteiger partial charge on any atom is -0.469 e. The van der Waals surface area contributed by atoms with Crippen molar-refractivity contribution >= 4 is 5.91 Å². The number of nitrogens with zero attached hydrogens (tertiary/aromatic N) is 3. The number of carbonyl (C=O) groups is 1. The van der Waals surface area contributed by atoms with Crippen molar-refractivity contribution in [2.24, 2.45) is 0 Å². The van der Waals surface area contributed by atoms with Crippen LogP contribution in [0.25, 0.3) is 0 Å². The monoisotopic (exact) mass is 275 g/mol. The van der Waals surface area contributed by atoms with Gasteiger partial charge in [0.05, 0.1) is 18.0 Å². The molecule has 2 rings (SSSR count). The quantitative estimate of drug-likeness (QED) is 0.814. The summed E-state index contributed by atoms with van der Waals surface area (Å²) in [6.45, 7) is 4.81. The Labute approximate surface area is 119 Å². The Morgan fingerprint density at radius 1 is 1.55 bits per heavy atom. The Balaban J connectivity index is 1.91. The Kier molecular flexibility index (Phi) is 4.61. The lowest BCUT2D eigenvalue weighted by Gasteiger charge is -2.24. The molecular formula is C15H21N3O2. The lowest BCUT2D eigenvalue weighted by Crippen LogP contribution is -2.35. The fourth-order valence-electron chi connectivity index (χ4n) is 2.05. The van der Waals surface area contributed by atoms with Crippen LogP contribution in [0.2, 0.25) is 0 Å². The second kappa shape index (κ2) is 6.41. The average molecular weight is 275 g/mol. The summed E-state index contributed by atoms with van der Waals surface area (Å²) in [5.74, 6) is 0.966. The van der Waals surface area contributed by atoms with E-state index in [9.17, 15) is 4.79 Å². The highest BCUT2D eigenvalue weighted by atomic mass is 16.3. The van der Waals surface area contributed by atoms with Crippen molar-refractivity contribution in [1.29, 1.82) is 0 Å². The first-order valence-corrected chi connectivity index (χ1v) is 6.93. The second-order valence-corrected chi connectivity index (χ2v) is 4.97. The maximum Gasteiger partial charge on any atom is 0.257 e. The number of hydrogen-bond acceptors (Lipinski definition) is 3. The first kappa shape index (κ1) is 14.4. The van der Waals surface area contributed by atoms with Gasteiger partial charge in [-0.05, 0) is 32.4 Å². The molecule has 0 saturated heterocycles. The SMILES string of the molecule is CCn1cc(C(=O)N(C)C(C)CCc2ccco2)cn1. The zero-order valence-corrected chi connectivity index (χ0v) is 12.2. The van der Waals surface area contributed by atoms with Gasteiger partial charge in [0.1, 0.15) is 5.76 Å². The van der Waals surface area contributed by atoms with Crippen molar-refractivity contribution in [1.82, 2.24) is 14.7 Å². The zero-order chi connectivity index (χ0) is 14.5. The average Bonchev–Trinajstić information content (AvgIpc) is 3.13. The van der Waals surface area contributed by atoms with Crippen LogP contribution in [-0.4, -0.2) is 33.7 Å². The van der Waals surface area contributed by atoms with E-state index < -0.39 is 0 Å². The van der Waals surface area contributed by atoms with Gasteiger partial charge in [0.25, 0.3) is 5.91 Å². The maximum absolute atomic E-state index is 12.3. The summed E-state index contributed by atoms with van der Waals surface area (Å²) >= 11 is 0. The van der Waals surface area contributed by atoms with Crippen LogP contribution in [0, 0.1) is 0 Å². The Morgan fingerprint density at radius 3 is 2.95 bits per heavy atom. The summed E-state index contributed by atoms with van der Waals surface area (Å²) in [5.41, 5.74) is 0.638. The van der Waals surface area contributed by atoms with Crippen molar-refractivity contribution in [3.63, 3.8) is 0 Å². The third kappa shape index (κ3) is 3.29. The number of hydrogen-bond donors (Lipinski definition) is 0. The molecule has 0 aliphatic carbocycles. The summed E-state index contributed by atoms with van der Waals surface area (Å²) in [4.78, 5) is 14.1. The van der Waals surface area contributed by atoms with Crippen LogP contribution in [0.1, 0.15) is 36.4 Å². The van der Waals surface area contributed by atoms with E-state index in [2.05, 4.69) is 5.10 Å². The van der Waals surface area contributed by atoms with Crippen molar-refractivity contribution in [3.05, 3.63) is 42.1 Å². The van der Waals surface area contributed by atoms with E-state index >= 15 is 0 Å². The van der Waals surface area contributed by atoms with Crippen LogP contribution in [0.15, 0.2) is 35.2 Å². The molecule has 0 aliphatic rings. The number of carbonyl (C=O) groups excluding carboxylic acids is 1. The molecule has 5 heteroatoms. The summed E-state index contributed by atoms with van der Waals surface area (Å²) in [7, 11) is 1.83. The van der Waals surface area contributed by atoms with E-state index in [-0.39, 0.29) is 11.9 Å². The Bertz CT molecular complexity index is 545. The molecule has 0 aromatic carbocycles. The first-order valence-electron chi connectivity index (χ1n) is 6.93. The lowest BCUT2D eigenvalue weighted by molar-refractivity contribution is 0.0736. The van der Waals surface area contributed by atoms with E-state index in [1.54, 1.807) is 28.2 Å². The third-order valence-corrected chi connectivity index (χ3v) is 3.57. The molecule has 108 valence electrons. The normalized spacial score (nSPS) is 12.3. The number of amides is 1. The number of aromatic nitrogens is 2. The second-order valence-electron chi connectivity index (χ2n) is 4.97. The minimum atomic E-state index is 0.0108. The molecule has 0 N–H and O–H groups in total. The van der Waals surface area contributed by atoms with Gasteiger partial charge in [-0.2, -0.15) is 5.10 Å². The lowest BCUT2D eigenvalue weighted by atomic mass is 10.1. The maximum atomic E-state index is 12.3. The smallest absolute Gasteiger partial charge is 0.257 e. The molecule has 2 aromatic rings. The van der Waals surface area contributed by atoms with Crippen molar-refractivity contribution < 1.29 is 9.21 Å². The van der Waals surface area contributed by atoms with Gasteiger partial charge in [-0.25, -0.2) is 0 Å².